The zero-order valence-corrected chi connectivity index (χ0v) is 13.0. The predicted molar refractivity (Wildman–Crippen MR) is 79.0 cm³/mol. The van der Waals surface area contributed by atoms with Crippen molar-refractivity contribution in [2.24, 2.45) is 0 Å². The summed E-state index contributed by atoms with van der Waals surface area (Å²) in [6.45, 7) is 7.24. The largest absolute Gasteiger partial charge is 0.444 e. The van der Waals surface area contributed by atoms with Crippen molar-refractivity contribution in [3.8, 4) is 0 Å². The van der Waals surface area contributed by atoms with Crippen LogP contribution in [0.1, 0.15) is 44.4 Å². The lowest BCUT2D eigenvalue weighted by Crippen LogP contribution is -2.35. The molecular formula is C15H20ClNO3. The number of rotatable bonds is 4. The number of ether oxygens (including phenoxy) is 1. The molecule has 5 heteroatoms. The Bertz CT molecular complexity index is 494. The van der Waals surface area contributed by atoms with Gasteiger partial charge in [-0.3, -0.25) is 0 Å². The minimum absolute atomic E-state index is 0.165. The summed E-state index contributed by atoms with van der Waals surface area (Å²) in [4.78, 5) is 22.6. The van der Waals surface area contributed by atoms with Crippen LogP contribution in [-0.4, -0.2) is 18.0 Å². The maximum Gasteiger partial charge on any atom is 0.408 e. The van der Waals surface area contributed by atoms with E-state index in [1.807, 2.05) is 19.1 Å². The van der Waals surface area contributed by atoms with Crippen molar-refractivity contribution >= 4 is 24.0 Å². The van der Waals surface area contributed by atoms with E-state index >= 15 is 0 Å². The van der Waals surface area contributed by atoms with Gasteiger partial charge in [-0.25, -0.2) is 4.79 Å². The predicted octanol–water partition coefficient (Wildman–Crippen LogP) is 3.80. The highest BCUT2D eigenvalue weighted by atomic mass is 35.5. The summed E-state index contributed by atoms with van der Waals surface area (Å²) >= 11 is 6.07. The highest BCUT2D eigenvalue weighted by Crippen LogP contribution is 2.23. The van der Waals surface area contributed by atoms with Crippen LogP contribution in [0.25, 0.3) is 0 Å². The van der Waals surface area contributed by atoms with Gasteiger partial charge >= 0.3 is 6.09 Å². The summed E-state index contributed by atoms with van der Waals surface area (Å²) in [5, 5.41) is 3.29. The Hall–Kier alpha value is -1.55. The first kappa shape index (κ1) is 16.5. The number of nitrogens with one attached hydrogen (secondary N) is 1. The first-order valence-corrected chi connectivity index (χ1v) is 6.80. The number of hydrogen-bond acceptors (Lipinski definition) is 3. The Kier molecular flexibility index (Phi) is 5.57. The number of alkyl carbamates (subject to hydrolysis) is 1. The van der Waals surface area contributed by atoms with Gasteiger partial charge < -0.3 is 14.8 Å². The van der Waals surface area contributed by atoms with Gasteiger partial charge in [0.05, 0.1) is 6.04 Å². The standard InChI is InChI=1S/C15H20ClNO3/c1-10-5-6-11(9-12(10)16)13(7-8-18)17-14(19)20-15(2,3)4/h5-6,8-9,13H,7H2,1-4H3,(H,17,19)/t13-/m1/s1. The highest BCUT2D eigenvalue weighted by Gasteiger charge is 2.20. The zero-order valence-electron chi connectivity index (χ0n) is 12.2. The van der Waals surface area contributed by atoms with Crippen molar-refractivity contribution < 1.29 is 14.3 Å². The molecule has 0 aliphatic rings. The van der Waals surface area contributed by atoms with Crippen LogP contribution in [0.2, 0.25) is 5.02 Å². The van der Waals surface area contributed by atoms with Crippen molar-refractivity contribution in [1.29, 1.82) is 0 Å². The van der Waals surface area contributed by atoms with Gasteiger partial charge in [-0.1, -0.05) is 23.7 Å². The number of aryl methyl sites for hydroxylation is 1. The summed E-state index contributed by atoms with van der Waals surface area (Å²) < 4.78 is 5.19. The second kappa shape index (κ2) is 6.75. The van der Waals surface area contributed by atoms with E-state index in [-0.39, 0.29) is 6.42 Å². The fourth-order valence-electron chi connectivity index (χ4n) is 1.65. The van der Waals surface area contributed by atoms with E-state index in [2.05, 4.69) is 5.32 Å². The summed E-state index contributed by atoms with van der Waals surface area (Å²) in [7, 11) is 0. The molecule has 0 aliphatic heterocycles. The van der Waals surface area contributed by atoms with Gasteiger partial charge in [-0.05, 0) is 44.9 Å². The molecule has 0 saturated heterocycles. The van der Waals surface area contributed by atoms with E-state index in [0.29, 0.717) is 5.02 Å². The first-order chi connectivity index (χ1) is 9.23. The second-order valence-electron chi connectivity index (χ2n) is 5.61. The van der Waals surface area contributed by atoms with Crippen molar-refractivity contribution in [2.75, 3.05) is 0 Å². The Morgan fingerprint density at radius 3 is 2.60 bits per heavy atom. The molecule has 4 nitrogen and oxygen atoms in total. The Morgan fingerprint density at radius 2 is 2.10 bits per heavy atom. The topological polar surface area (TPSA) is 55.4 Å². The molecule has 0 spiro atoms. The second-order valence-corrected chi connectivity index (χ2v) is 6.02. The van der Waals surface area contributed by atoms with Crippen LogP contribution in [0.5, 0.6) is 0 Å². The summed E-state index contributed by atoms with van der Waals surface area (Å²) in [6, 6.07) is 5.00. The molecule has 0 bridgehead atoms. The van der Waals surface area contributed by atoms with Gasteiger partial charge in [0.1, 0.15) is 11.9 Å². The number of amides is 1. The third-order valence-electron chi connectivity index (χ3n) is 2.62. The molecule has 1 amide bonds. The number of benzene rings is 1. The van der Waals surface area contributed by atoms with E-state index in [1.54, 1.807) is 26.8 Å². The Morgan fingerprint density at radius 1 is 1.45 bits per heavy atom. The molecule has 0 radical (unpaired) electrons. The Labute approximate surface area is 124 Å². The van der Waals surface area contributed by atoms with Gasteiger partial charge in [-0.15, -0.1) is 0 Å². The summed E-state index contributed by atoms with van der Waals surface area (Å²) in [5.41, 5.74) is 1.14. The number of aldehydes is 1. The molecule has 1 rings (SSSR count). The minimum Gasteiger partial charge on any atom is -0.444 e. The molecule has 0 heterocycles. The quantitative estimate of drug-likeness (QED) is 0.860. The number of carbonyl (C=O) groups is 2. The van der Waals surface area contributed by atoms with E-state index in [0.717, 1.165) is 17.4 Å². The van der Waals surface area contributed by atoms with Crippen LogP contribution in [0, 0.1) is 6.92 Å². The fraction of sp³-hybridized carbons (Fsp3) is 0.467. The molecule has 0 aliphatic carbocycles. The van der Waals surface area contributed by atoms with Crippen molar-refractivity contribution in [1.82, 2.24) is 5.32 Å². The van der Waals surface area contributed by atoms with Crippen molar-refractivity contribution in [2.45, 2.75) is 45.8 Å². The molecule has 1 atom stereocenters. The maximum atomic E-state index is 11.8. The monoisotopic (exact) mass is 297 g/mol. The molecule has 1 aromatic carbocycles. The van der Waals surface area contributed by atoms with E-state index in [1.165, 1.54) is 0 Å². The molecular weight excluding hydrogens is 278 g/mol. The van der Waals surface area contributed by atoms with Gasteiger partial charge in [-0.2, -0.15) is 0 Å². The van der Waals surface area contributed by atoms with Crippen LogP contribution in [0.3, 0.4) is 0 Å². The average molecular weight is 298 g/mol. The molecule has 0 aromatic heterocycles. The van der Waals surface area contributed by atoms with E-state index in [4.69, 9.17) is 16.3 Å². The lowest BCUT2D eigenvalue weighted by atomic mass is 10.0. The third kappa shape index (κ3) is 5.21. The van der Waals surface area contributed by atoms with E-state index < -0.39 is 17.7 Å². The smallest absolute Gasteiger partial charge is 0.408 e. The lowest BCUT2D eigenvalue weighted by molar-refractivity contribution is -0.108. The fourth-order valence-corrected chi connectivity index (χ4v) is 1.84. The van der Waals surface area contributed by atoms with Gasteiger partial charge in [0, 0.05) is 11.4 Å². The van der Waals surface area contributed by atoms with Crippen molar-refractivity contribution in [3.05, 3.63) is 34.3 Å². The highest BCUT2D eigenvalue weighted by molar-refractivity contribution is 6.31. The van der Waals surface area contributed by atoms with Gasteiger partial charge in [0.2, 0.25) is 0 Å². The minimum atomic E-state index is -0.583. The molecule has 110 valence electrons. The average Bonchev–Trinajstić information content (AvgIpc) is 2.30. The summed E-state index contributed by atoms with van der Waals surface area (Å²) in [5.74, 6) is 0. The maximum absolute atomic E-state index is 11.8. The van der Waals surface area contributed by atoms with E-state index in [9.17, 15) is 9.59 Å². The van der Waals surface area contributed by atoms with Crippen LogP contribution < -0.4 is 5.32 Å². The zero-order chi connectivity index (χ0) is 15.3. The van der Waals surface area contributed by atoms with Crippen LogP contribution in [0.4, 0.5) is 4.79 Å². The lowest BCUT2D eigenvalue weighted by Gasteiger charge is -2.23. The third-order valence-corrected chi connectivity index (χ3v) is 3.03. The summed E-state index contributed by atoms with van der Waals surface area (Å²) in [6.07, 6.45) is 0.370. The molecule has 1 N–H and O–H groups in total. The molecule has 0 unspecified atom stereocenters. The molecule has 20 heavy (non-hydrogen) atoms. The Balaban J connectivity index is 2.85. The first-order valence-electron chi connectivity index (χ1n) is 6.42. The normalized spacial score (nSPS) is 12.7. The van der Waals surface area contributed by atoms with Gasteiger partial charge in [0.15, 0.2) is 0 Å². The molecule has 1 aromatic rings. The molecule has 0 fully saturated rings. The van der Waals surface area contributed by atoms with Crippen molar-refractivity contribution in [3.63, 3.8) is 0 Å². The number of hydrogen-bond donors (Lipinski definition) is 1. The van der Waals surface area contributed by atoms with Crippen LogP contribution in [-0.2, 0) is 9.53 Å². The van der Waals surface area contributed by atoms with Crippen LogP contribution >= 0.6 is 11.6 Å². The SMILES string of the molecule is Cc1ccc([C@@H](CC=O)NC(=O)OC(C)(C)C)cc1Cl. The number of halogens is 1. The number of carbonyl (C=O) groups excluding carboxylic acids is 2. The van der Waals surface area contributed by atoms with Crippen LogP contribution in [0.15, 0.2) is 18.2 Å². The molecule has 0 saturated carbocycles. The van der Waals surface area contributed by atoms with Gasteiger partial charge in [0.25, 0.3) is 0 Å².